The van der Waals surface area contributed by atoms with E-state index < -0.39 is 22.0 Å². The van der Waals surface area contributed by atoms with Crippen LogP contribution in [-0.4, -0.2) is 36.0 Å². The fourth-order valence-corrected chi connectivity index (χ4v) is 5.61. The number of hydrogen-bond donors (Lipinski definition) is 3. The van der Waals surface area contributed by atoms with Gasteiger partial charge in [-0.2, -0.15) is 0 Å². The third-order valence-corrected chi connectivity index (χ3v) is 8.01. The molecular formula is C27H33ClN4O4S. The maximum atomic E-state index is 13.1. The maximum Gasteiger partial charge on any atom is 0.322 e. The Labute approximate surface area is 224 Å². The number of aliphatic carboxylic acids is 1. The van der Waals surface area contributed by atoms with E-state index in [0.717, 1.165) is 5.56 Å². The Morgan fingerprint density at radius 2 is 1.84 bits per heavy atom. The van der Waals surface area contributed by atoms with Gasteiger partial charge < -0.3 is 10.4 Å². The number of carboxylic acids is 1. The van der Waals surface area contributed by atoms with Gasteiger partial charge in [-0.05, 0) is 66.5 Å². The minimum absolute atomic E-state index is 0. The second-order valence-corrected chi connectivity index (χ2v) is 11.0. The topological polar surface area (TPSA) is 121 Å². The number of hydrogen-bond acceptors (Lipinski definition) is 6. The number of unbranched alkanes of at least 4 members (excludes halogenated alkanes) is 1. The molecule has 1 fully saturated rings. The zero-order chi connectivity index (χ0) is 25.6. The quantitative estimate of drug-likeness (QED) is 0.280. The molecule has 1 aliphatic carbocycles. The van der Waals surface area contributed by atoms with E-state index in [1.165, 1.54) is 49.9 Å². The van der Waals surface area contributed by atoms with Gasteiger partial charge in [0.15, 0.2) is 5.03 Å². The first kappa shape index (κ1) is 28.6. The summed E-state index contributed by atoms with van der Waals surface area (Å²) in [6.45, 7) is 1.92. The van der Waals surface area contributed by atoms with E-state index in [1.54, 1.807) is 30.3 Å². The van der Waals surface area contributed by atoms with E-state index in [4.69, 9.17) is 5.11 Å². The van der Waals surface area contributed by atoms with Crippen molar-refractivity contribution in [3.8, 4) is 0 Å². The van der Waals surface area contributed by atoms with Crippen LogP contribution in [0.15, 0.2) is 71.9 Å². The van der Waals surface area contributed by atoms with Crippen LogP contribution in [-0.2, 0) is 26.7 Å². The van der Waals surface area contributed by atoms with Crippen LogP contribution in [0.1, 0.15) is 61.9 Å². The summed E-state index contributed by atoms with van der Waals surface area (Å²) in [5.41, 5.74) is 3.11. The highest BCUT2D eigenvalue weighted by Crippen LogP contribution is 2.52. The van der Waals surface area contributed by atoms with Gasteiger partial charge in [-0.3, -0.25) is 4.79 Å². The summed E-state index contributed by atoms with van der Waals surface area (Å²) in [6, 6.07) is 17.6. The first-order chi connectivity index (χ1) is 17.3. The first-order valence-electron chi connectivity index (χ1n) is 12.3. The lowest BCUT2D eigenvalue weighted by Crippen LogP contribution is -2.31. The zero-order valence-corrected chi connectivity index (χ0v) is 22.4. The summed E-state index contributed by atoms with van der Waals surface area (Å²) >= 11 is 0. The van der Waals surface area contributed by atoms with Crippen molar-refractivity contribution in [3.63, 3.8) is 0 Å². The summed E-state index contributed by atoms with van der Waals surface area (Å²) in [7, 11) is -3.91. The number of nitrogens with one attached hydrogen (secondary N) is 2. The molecule has 0 saturated heterocycles. The monoisotopic (exact) mass is 544 g/mol. The number of anilines is 1. The molecule has 10 heteroatoms. The average Bonchev–Trinajstić information content (AvgIpc) is 3.68. The minimum Gasteiger partial charge on any atom is -0.480 e. The van der Waals surface area contributed by atoms with Crippen LogP contribution in [0.4, 0.5) is 5.82 Å². The van der Waals surface area contributed by atoms with Gasteiger partial charge in [0.1, 0.15) is 12.4 Å². The van der Waals surface area contributed by atoms with Crippen molar-refractivity contribution in [1.29, 1.82) is 0 Å². The molecule has 198 valence electrons. The van der Waals surface area contributed by atoms with Gasteiger partial charge in [0.25, 0.3) is 10.0 Å². The maximum absolute atomic E-state index is 13.1. The van der Waals surface area contributed by atoms with Crippen molar-refractivity contribution >= 4 is 34.2 Å². The van der Waals surface area contributed by atoms with E-state index in [2.05, 4.69) is 51.2 Å². The van der Waals surface area contributed by atoms with Crippen molar-refractivity contribution in [2.45, 2.75) is 61.9 Å². The molecule has 1 saturated carbocycles. The standard InChI is InChI=1S/C27H32N4O4S.ClH/c1-2-3-14-27(15-16-27)21-12-10-20(11-13-21)18-23(31-36(34,35)25-9-4-5-17-28-25)22-7-6-8-24(30-22)29-19-26(32)33;/h4-13,17,23,31H,2-3,14-16,18-19H2,1H3,(H,29,30)(H,32,33);1H. The van der Waals surface area contributed by atoms with Gasteiger partial charge in [0, 0.05) is 6.20 Å². The van der Waals surface area contributed by atoms with Gasteiger partial charge in [0.2, 0.25) is 0 Å². The van der Waals surface area contributed by atoms with Crippen LogP contribution in [0.25, 0.3) is 0 Å². The largest absolute Gasteiger partial charge is 0.480 e. The predicted octanol–water partition coefficient (Wildman–Crippen LogP) is 4.88. The molecule has 3 aromatic rings. The Morgan fingerprint density at radius 3 is 2.46 bits per heavy atom. The lowest BCUT2D eigenvalue weighted by atomic mass is 9.89. The Balaban J connectivity index is 0.00000380. The number of nitrogens with zero attached hydrogens (tertiary/aromatic N) is 2. The first-order valence-corrected chi connectivity index (χ1v) is 13.7. The Hall–Kier alpha value is -3.01. The SMILES string of the molecule is CCCCC1(c2ccc(CC(NS(=O)(=O)c3ccccn3)c3cccc(NCC(=O)O)n3)cc2)CC1.Cl. The van der Waals surface area contributed by atoms with E-state index in [0.29, 0.717) is 23.3 Å². The van der Waals surface area contributed by atoms with Crippen molar-refractivity contribution in [1.82, 2.24) is 14.7 Å². The number of benzene rings is 1. The minimum atomic E-state index is -3.91. The van der Waals surface area contributed by atoms with Crippen molar-refractivity contribution in [2.24, 2.45) is 0 Å². The molecule has 8 nitrogen and oxygen atoms in total. The van der Waals surface area contributed by atoms with Crippen LogP contribution in [0.3, 0.4) is 0 Å². The summed E-state index contributed by atoms with van der Waals surface area (Å²) in [6.07, 6.45) is 7.86. The van der Waals surface area contributed by atoms with Crippen molar-refractivity contribution in [2.75, 3.05) is 11.9 Å². The summed E-state index contributed by atoms with van der Waals surface area (Å²) < 4.78 is 29.0. The number of pyridine rings is 2. The summed E-state index contributed by atoms with van der Waals surface area (Å²) in [5, 5.41) is 11.6. The van der Waals surface area contributed by atoms with Crippen LogP contribution < -0.4 is 10.0 Å². The molecular weight excluding hydrogens is 512 g/mol. The summed E-state index contributed by atoms with van der Waals surface area (Å²) in [4.78, 5) is 19.4. The van der Waals surface area contributed by atoms with Crippen molar-refractivity contribution < 1.29 is 18.3 Å². The van der Waals surface area contributed by atoms with Crippen LogP contribution >= 0.6 is 12.4 Å². The second kappa shape index (κ2) is 12.5. The Morgan fingerprint density at radius 1 is 1.08 bits per heavy atom. The van der Waals surface area contributed by atoms with E-state index >= 15 is 0 Å². The van der Waals surface area contributed by atoms with Crippen LogP contribution in [0.5, 0.6) is 0 Å². The van der Waals surface area contributed by atoms with Gasteiger partial charge in [-0.1, -0.05) is 56.2 Å². The molecule has 37 heavy (non-hydrogen) atoms. The molecule has 0 bridgehead atoms. The van der Waals surface area contributed by atoms with Gasteiger partial charge in [0.05, 0.1) is 11.7 Å². The molecule has 1 unspecified atom stereocenters. The molecule has 0 aliphatic heterocycles. The van der Waals surface area contributed by atoms with E-state index in [9.17, 15) is 13.2 Å². The van der Waals surface area contributed by atoms with Crippen molar-refractivity contribution in [3.05, 3.63) is 83.7 Å². The highest BCUT2D eigenvalue weighted by atomic mass is 35.5. The second-order valence-electron chi connectivity index (χ2n) is 9.32. The van der Waals surface area contributed by atoms with Crippen LogP contribution in [0.2, 0.25) is 0 Å². The number of carboxylic acid groups (broad SMARTS) is 1. The molecule has 1 atom stereocenters. The fraction of sp³-hybridized carbons (Fsp3) is 0.370. The normalized spacial score (nSPS) is 14.8. The van der Waals surface area contributed by atoms with E-state index in [1.807, 2.05) is 0 Å². The molecule has 0 spiro atoms. The molecule has 0 amide bonds. The Bertz CT molecular complexity index is 1280. The lowest BCUT2D eigenvalue weighted by Gasteiger charge is -2.20. The van der Waals surface area contributed by atoms with Gasteiger partial charge in [-0.25, -0.2) is 23.1 Å². The molecule has 2 heterocycles. The third kappa shape index (κ3) is 7.50. The lowest BCUT2D eigenvalue weighted by molar-refractivity contribution is -0.134. The smallest absolute Gasteiger partial charge is 0.322 e. The predicted molar refractivity (Wildman–Crippen MR) is 145 cm³/mol. The number of carbonyl (C=O) groups is 1. The highest BCUT2D eigenvalue weighted by Gasteiger charge is 2.43. The third-order valence-electron chi connectivity index (χ3n) is 6.63. The molecule has 0 radical (unpaired) electrons. The Kier molecular flexibility index (Phi) is 9.64. The molecule has 1 aromatic carbocycles. The zero-order valence-electron chi connectivity index (χ0n) is 20.8. The molecule has 2 aromatic heterocycles. The summed E-state index contributed by atoms with van der Waals surface area (Å²) in [5.74, 6) is -0.652. The number of sulfonamides is 1. The highest BCUT2D eigenvalue weighted by molar-refractivity contribution is 7.89. The average molecular weight is 545 g/mol. The molecule has 1 aliphatic rings. The molecule has 4 rings (SSSR count). The number of rotatable bonds is 13. The van der Waals surface area contributed by atoms with E-state index in [-0.39, 0.29) is 24.0 Å². The molecule has 3 N–H and O–H groups in total. The fourth-order valence-electron chi connectivity index (χ4n) is 4.45. The van der Waals surface area contributed by atoms with Crippen LogP contribution in [0, 0.1) is 0 Å². The number of halogens is 1. The van der Waals surface area contributed by atoms with Gasteiger partial charge in [-0.15, -0.1) is 12.4 Å². The number of aromatic nitrogens is 2. The van der Waals surface area contributed by atoms with Gasteiger partial charge >= 0.3 is 5.97 Å².